The maximum atomic E-state index is 6.00. The fourth-order valence-corrected chi connectivity index (χ4v) is 1.37. The summed E-state index contributed by atoms with van der Waals surface area (Å²) in [6.07, 6.45) is 2.71. The third-order valence-corrected chi connectivity index (χ3v) is 2.37. The lowest BCUT2D eigenvalue weighted by Gasteiger charge is -2.10. The van der Waals surface area contributed by atoms with Crippen molar-refractivity contribution in [1.29, 1.82) is 0 Å². The highest BCUT2D eigenvalue weighted by atomic mass is 35.5. The molecule has 0 atom stereocenters. The quantitative estimate of drug-likeness (QED) is 0.805. The van der Waals surface area contributed by atoms with E-state index < -0.39 is 0 Å². The molecule has 0 saturated carbocycles. The largest absolute Gasteiger partial charge is 0.369 e. The molecule has 90 valence electrons. The van der Waals surface area contributed by atoms with E-state index in [4.69, 9.17) is 11.6 Å². The summed E-state index contributed by atoms with van der Waals surface area (Å²) >= 11 is 6.00. The molecule has 0 aliphatic heterocycles. The van der Waals surface area contributed by atoms with E-state index in [0.29, 0.717) is 22.7 Å². The predicted octanol–water partition coefficient (Wildman–Crippen LogP) is 3.02. The van der Waals surface area contributed by atoms with E-state index in [-0.39, 0.29) is 0 Å². The first-order chi connectivity index (χ1) is 7.63. The van der Waals surface area contributed by atoms with Gasteiger partial charge in [0.15, 0.2) is 0 Å². The van der Waals surface area contributed by atoms with Gasteiger partial charge in [-0.3, -0.25) is 0 Å². The van der Waals surface area contributed by atoms with Crippen molar-refractivity contribution in [3.63, 3.8) is 0 Å². The molecule has 0 aliphatic carbocycles. The van der Waals surface area contributed by atoms with Gasteiger partial charge in [0.25, 0.3) is 0 Å². The van der Waals surface area contributed by atoms with Crippen LogP contribution in [0, 0.1) is 5.92 Å². The monoisotopic (exact) mass is 242 g/mol. The van der Waals surface area contributed by atoms with Gasteiger partial charge in [-0.25, -0.2) is 4.98 Å². The van der Waals surface area contributed by atoms with Gasteiger partial charge in [-0.05, 0) is 19.3 Å². The summed E-state index contributed by atoms with van der Waals surface area (Å²) in [7, 11) is 0. The molecule has 0 fully saturated rings. The minimum atomic E-state index is 0.561. The molecule has 1 aromatic rings. The van der Waals surface area contributed by atoms with Crippen LogP contribution >= 0.6 is 11.6 Å². The lowest BCUT2D eigenvalue weighted by molar-refractivity contribution is 0.606. The molecule has 1 aromatic heterocycles. The van der Waals surface area contributed by atoms with Crippen LogP contribution in [-0.4, -0.2) is 23.1 Å². The molecule has 0 unspecified atom stereocenters. The minimum absolute atomic E-state index is 0.561. The summed E-state index contributed by atoms with van der Waals surface area (Å²) in [5.74, 6) is 1.98. The summed E-state index contributed by atoms with van der Waals surface area (Å²) in [5.41, 5.74) is 0. The lowest BCUT2D eigenvalue weighted by Crippen LogP contribution is -2.09. The van der Waals surface area contributed by atoms with E-state index in [2.05, 4.69) is 34.4 Å². The van der Waals surface area contributed by atoms with E-state index in [1.807, 2.05) is 6.92 Å². The van der Waals surface area contributed by atoms with Gasteiger partial charge in [-0.1, -0.05) is 25.4 Å². The highest BCUT2D eigenvalue weighted by Crippen LogP contribution is 2.19. The van der Waals surface area contributed by atoms with Gasteiger partial charge in [-0.2, -0.15) is 4.98 Å². The van der Waals surface area contributed by atoms with Crippen LogP contribution in [0.4, 0.5) is 11.8 Å². The van der Waals surface area contributed by atoms with Crippen molar-refractivity contribution in [2.45, 2.75) is 27.2 Å². The van der Waals surface area contributed by atoms with Crippen molar-refractivity contribution in [2.24, 2.45) is 5.92 Å². The second-order valence-corrected chi connectivity index (χ2v) is 4.44. The van der Waals surface area contributed by atoms with Gasteiger partial charge in [0.05, 0.1) is 6.20 Å². The van der Waals surface area contributed by atoms with Gasteiger partial charge in [-0.15, -0.1) is 0 Å². The average Bonchev–Trinajstić information content (AvgIpc) is 2.22. The first kappa shape index (κ1) is 13.0. The van der Waals surface area contributed by atoms with Crippen molar-refractivity contribution >= 4 is 23.4 Å². The zero-order valence-corrected chi connectivity index (χ0v) is 10.8. The van der Waals surface area contributed by atoms with Crippen LogP contribution in [0.1, 0.15) is 27.2 Å². The normalized spacial score (nSPS) is 10.6. The molecule has 0 amide bonds. The molecule has 1 rings (SSSR count). The Labute approximate surface area is 102 Å². The molecule has 0 spiro atoms. The maximum Gasteiger partial charge on any atom is 0.224 e. The van der Waals surface area contributed by atoms with E-state index >= 15 is 0 Å². The molecule has 16 heavy (non-hydrogen) atoms. The molecule has 2 N–H and O–H groups in total. The maximum absolute atomic E-state index is 6.00. The van der Waals surface area contributed by atoms with Gasteiger partial charge in [0.1, 0.15) is 10.8 Å². The van der Waals surface area contributed by atoms with E-state index in [0.717, 1.165) is 19.5 Å². The number of hydrogen-bond acceptors (Lipinski definition) is 4. The number of anilines is 2. The molecule has 0 saturated heterocycles. The highest BCUT2D eigenvalue weighted by Gasteiger charge is 2.04. The standard InChI is InChI=1S/C11H19ClN4/c1-4-13-11-15-7-9(12)10(16-11)14-6-5-8(2)3/h7-8H,4-6H2,1-3H3,(H2,13,14,15,16). The van der Waals surface area contributed by atoms with Crippen LogP contribution < -0.4 is 10.6 Å². The zero-order chi connectivity index (χ0) is 12.0. The van der Waals surface area contributed by atoms with Crippen LogP contribution in [0.25, 0.3) is 0 Å². The molecule has 0 bridgehead atoms. The highest BCUT2D eigenvalue weighted by molar-refractivity contribution is 6.32. The van der Waals surface area contributed by atoms with Crippen LogP contribution in [0.3, 0.4) is 0 Å². The predicted molar refractivity (Wildman–Crippen MR) is 69.2 cm³/mol. The number of aromatic nitrogens is 2. The van der Waals surface area contributed by atoms with Crippen molar-refractivity contribution < 1.29 is 0 Å². The first-order valence-corrected chi connectivity index (χ1v) is 6.01. The fourth-order valence-electron chi connectivity index (χ4n) is 1.21. The second kappa shape index (κ2) is 6.53. The van der Waals surface area contributed by atoms with Crippen molar-refractivity contribution in [1.82, 2.24) is 9.97 Å². The number of hydrogen-bond donors (Lipinski definition) is 2. The summed E-state index contributed by atoms with van der Waals surface area (Å²) in [6.45, 7) is 8.05. The van der Waals surface area contributed by atoms with E-state index in [9.17, 15) is 0 Å². The Morgan fingerprint density at radius 3 is 2.75 bits per heavy atom. The molecule has 0 aliphatic rings. The second-order valence-electron chi connectivity index (χ2n) is 4.03. The third kappa shape index (κ3) is 4.23. The molecule has 4 nitrogen and oxygen atoms in total. The summed E-state index contributed by atoms with van der Waals surface area (Å²) in [4.78, 5) is 8.37. The Morgan fingerprint density at radius 1 is 1.38 bits per heavy atom. The van der Waals surface area contributed by atoms with Gasteiger partial charge < -0.3 is 10.6 Å². The Bertz CT molecular complexity index is 328. The summed E-state index contributed by atoms with van der Waals surface area (Å²) < 4.78 is 0. The third-order valence-electron chi connectivity index (χ3n) is 2.09. The van der Waals surface area contributed by atoms with Crippen LogP contribution in [-0.2, 0) is 0 Å². The number of rotatable bonds is 6. The van der Waals surface area contributed by atoms with E-state index in [1.54, 1.807) is 6.20 Å². The van der Waals surface area contributed by atoms with Gasteiger partial charge >= 0.3 is 0 Å². The number of nitrogens with one attached hydrogen (secondary N) is 2. The van der Waals surface area contributed by atoms with Gasteiger partial charge in [0, 0.05) is 13.1 Å². The van der Waals surface area contributed by atoms with Crippen molar-refractivity contribution in [3.8, 4) is 0 Å². The van der Waals surface area contributed by atoms with Crippen LogP contribution in [0.5, 0.6) is 0 Å². The Hall–Kier alpha value is -1.03. The molecular formula is C11H19ClN4. The van der Waals surface area contributed by atoms with Gasteiger partial charge in [0.2, 0.25) is 5.95 Å². The molecule has 5 heteroatoms. The number of halogens is 1. The smallest absolute Gasteiger partial charge is 0.224 e. The van der Waals surface area contributed by atoms with Crippen LogP contribution in [0.2, 0.25) is 5.02 Å². The molecular weight excluding hydrogens is 224 g/mol. The van der Waals surface area contributed by atoms with Crippen molar-refractivity contribution in [2.75, 3.05) is 23.7 Å². The molecule has 0 aromatic carbocycles. The van der Waals surface area contributed by atoms with Crippen LogP contribution in [0.15, 0.2) is 6.20 Å². The number of nitrogens with zero attached hydrogens (tertiary/aromatic N) is 2. The average molecular weight is 243 g/mol. The SMILES string of the molecule is CCNc1ncc(Cl)c(NCCC(C)C)n1. The summed E-state index contributed by atoms with van der Waals surface area (Å²) in [6, 6.07) is 0. The minimum Gasteiger partial charge on any atom is -0.369 e. The molecule has 1 heterocycles. The zero-order valence-electron chi connectivity index (χ0n) is 10.0. The Balaban J connectivity index is 2.59. The summed E-state index contributed by atoms with van der Waals surface area (Å²) in [5, 5.41) is 6.83. The Kier molecular flexibility index (Phi) is 5.32. The van der Waals surface area contributed by atoms with E-state index in [1.165, 1.54) is 0 Å². The Morgan fingerprint density at radius 2 is 2.12 bits per heavy atom. The molecule has 0 radical (unpaired) electrons. The first-order valence-electron chi connectivity index (χ1n) is 5.63. The van der Waals surface area contributed by atoms with Crippen molar-refractivity contribution in [3.05, 3.63) is 11.2 Å². The topological polar surface area (TPSA) is 49.8 Å². The fraction of sp³-hybridized carbons (Fsp3) is 0.636. The lowest BCUT2D eigenvalue weighted by atomic mass is 10.1.